The van der Waals surface area contributed by atoms with Crippen LogP contribution in [0.4, 0.5) is 11.4 Å². The van der Waals surface area contributed by atoms with Crippen molar-refractivity contribution in [1.82, 2.24) is 0 Å². The van der Waals surface area contributed by atoms with E-state index in [2.05, 4.69) is 5.32 Å². The number of nitrogens with zero attached hydrogens (tertiary/aromatic N) is 1. The van der Waals surface area contributed by atoms with Crippen molar-refractivity contribution in [2.75, 3.05) is 17.3 Å². The normalized spacial score (nSPS) is 10.1. The molecule has 4 heteroatoms. The van der Waals surface area contributed by atoms with Crippen molar-refractivity contribution in [3.05, 3.63) is 59.7 Å². The van der Waals surface area contributed by atoms with Crippen LogP contribution in [0.2, 0.25) is 0 Å². The van der Waals surface area contributed by atoms with Crippen LogP contribution in [0, 0.1) is 6.92 Å². The Bertz CT molecular complexity index is 695. The number of hydrogen-bond acceptors (Lipinski definition) is 2. The first-order valence-corrected chi connectivity index (χ1v) is 7.16. The van der Waals surface area contributed by atoms with E-state index in [9.17, 15) is 9.59 Å². The molecule has 2 aromatic rings. The van der Waals surface area contributed by atoms with Crippen molar-refractivity contribution in [2.24, 2.45) is 0 Å². The van der Waals surface area contributed by atoms with Gasteiger partial charge in [0, 0.05) is 14.0 Å². The quantitative estimate of drug-likeness (QED) is 0.942. The number of benzene rings is 2. The van der Waals surface area contributed by atoms with Gasteiger partial charge in [-0.25, -0.2) is 0 Å². The predicted octanol–water partition coefficient (Wildman–Crippen LogP) is 3.16. The van der Waals surface area contributed by atoms with Gasteiger partial charge in [-0.2, -0.15) is 0 Å². The first kappa shape index (κ1) is 15.8. The lowest BCUT2D eigenvalue weighted by atomic mass is 10.1. The average molecular weight is 296 g/mol. The molecule has 2 rings (SSSR count). The standard InChI is InChI=1S/C18H20N2O2/c1-13-8-4-5-9-15(13)12-18(22)19-16-10-6-7-11-17(16)20(3)14(2)21/h4-11H,12H2,1-3H3,(H,19,22). The zero-order chi connectivity index (χ0) is 16.1. The van der Waals surface area contributed by atoms with E-state index in [4.69, 9.17) is 0 Å². The van der Waals surface area contributed by atoms with Crippen LogP contribution in [0.25, 0.3) is 0 Å². The lowest BCUT2D eigenvalue weighted by molar-refractivity contribution is -0.117. The van der Waals surface area contributed by atoms with Crippen molar-refractivity contribution >= 4 is 23.2 Å². The number of carbonyl (C=O) groups excluding carboxylic acids is 2. The molecule has 2 amide bonds. The molecule has 0 bridgehead atoms. The van der Waals surface area contributed by atoms with Gasteiger partial charge in [-0.15, -0.1) is 0 Å². The molecule has 0 aliphatic carbocycles. The van der Waals surface area contributed by atoms with Crippen LogP contribution in [0.1, 0.15) is 18.1 Å². The van der Waals surface area contributed by atoms with Gasteiger partial charge < -0.3 is 10.2 Å². The Kier molecular flexibility index (Phi) is 4.94. The lowest BCUT2D eigenvalue weighted by Gasteiger charge is -2.19. The van der Waals surface area contributed by atoms with Crippen molar-refractivity contribution in [3.63, 3.8) is 0 Å². The summed E-state index contributed by atoms with van der Waals surface area (Å²) in [4.78, 5) is 25.3. The second-order valence-electron chi connectivity index (χ2n) is 5.25. The zero-order valence-electron chi connectivity index (χ0n) is 13.1. The van der Waals surface area contributed by atoms with Gasteiger partial charge in [-0.3, -0.25) is 9.59 Å². The minimum Gasteiger partial charge on any atom is -0.324 e. The second kappa shape index (κ2) is 6.89. The highest BCUT2D eigenvalue weighted by Gasteiger charge is 2.13. The summed E-state index contributed by atoms with van der Waals surface area (Å²) in [6.45, 7) is 3.48. The molecule has 4 nitrogen and oxygen atoms in total. The van der Waals surface area contributed by atoms with E-state index in [-0.39, 0.29) is 11.8 Å². The van der Waals surface area contributed by atoms with Crippen LogP contribution in [0.3, 0.4) is 0 Å². The van der Waals surface area contributed by atoms with E-state index in [0.717, 1.165) is 11.1 Å². The van der Waals surface area contributed by atoms with Crippen molar-refractivity contribution in [1.29, 1.82) is 0 Å². The van der Waals surface area contributed by atoms with Crippen LogP contribution < -0.4 is 10.2 Å². The Hall–Kier alpha value is -2.62. The third-order valence-corrected chi connectivity index (χ3v) is 3.62. The topological polar surface area (TPSA) is 49.4 Å². The van der Waals surface area contributed by atoms with E-state index >= 15 is 0 Å². The monoisotopic (exact) mass is 296 g/mol. The van der Waals surface area contributed by atoms with Crippen LogP contribution in [-0.4, -0.2) is 18.9 Å². The minimum atomic E-state index is -0.0984. The number of amides is 2. The number of carbonyl (C=O) groups is 2. The molecular weight excluding hydrogens is 276 g/mol. The highest BCUT2D eigenvalue weighted by atomic mass is 16.2. The number of hydrogen-bond donors (Lipinski definition) is 1. The van der Waals surface area contributed by atoms with Crippen molar-refractivity contribution < 1.29 is 9.59 Å². The number of para-hydroxylation sites is 2. The smallest absolute Gasteiger partial charge is 0.228 e. The van der Waals surface area contributed by atoms with Crippen LogP contribution >= 0.6 is 0 Å². The Balaban J connectivity index is 2.16. The molecule has 0 aliphatic heterocycles. The number of nitrogens with one attached hydrogen (secondary N) is 1. The number of rotatable bonds is 4. The molecule has 0 fully saturated rings. The van der Waals surface area contributed by atoms with Gasteiger partial charge >= 0.3 is 0 Å². The Morgan fingerprint density at radius 1 is 1.05 bits per heavy atom. The summed E-state index contributed by atoms with van der Waals surface area (Å²) in [6.07, 6.45) is 0.310. The molecule has 0 aromatic heterocycles. The zero-order valence-corrected chi connectivity index (χ0v) is 13.1. The summed E-state index contributed by atoms with van der Waals surface area (Å²) in [5, 5.41) is 2.89. The number of anilines is 2. The Labute approximate surface area is 130 Å². The molecule has 22 heavy (non-hydrogen) atoms. The van der Waals surface area contributed by atoms with E-state index < -0.39 is 0 Å². The summed E-state index contributed by atoms with van der Waals surface area (Å²) >= 11 is 0. The highest BCUT2D eigenvalue weighted by molar-refractivity contribution is 6.00. The predicted molar refractivity (Wildman–Crippen MR) is 89.0 cm³/mol. The molecule has 0 radical (unpaired) electrons. The van der Waals surface area contributed by atoms with Crippen molar-refractivity contribution in [3.8, 4) is 0 Å². The molecular formula is C18H20N2O2. The number of aryl methyl sites for hydroxylation is 1. The fraction of sp³-hybridized carbons (Fsp3) is 0.222. The van der Waals surface area contributed by atoms with E-state index in [1.165, 1.54) is 11.8 Å². The third kappa shape index (κ3) is 3.73. The maximum atomic E-state index is 12.3. The van der Waals surface area contributed by atoms with Crippen molar-refractivity contribution in [2.45, 2.75) is 20.3 Å². The molecule has 0 aliphatic rings. The first-order valence-electron chi connectivity index (χ1n) is 7.16. The van der Waals surface area contributed by atoms with Crippen LogP contribution in [0.5, 0.6) is 0 Å². The summed E-state index contributed by atoms with van der Waals surface area (Å²) in [6, 6.07) is 15.1. The van der Waals surface area contributed by atoms with E-state index in [1.54, 1.807) is 13.1 Å². The molecule has 114 valence electrons. The molecule has 1 N–H and O–H groups in total. The first-order chi connectivity index (χ1) is 10.5. The molecule has 0 atom stereocenters. The highest BCUT2D eigenvalue weighted by Crippen LogP contribution is 2.25. The lowest BCUT2D eigenvalue weighted by Crippen LogP contribution is -2.25. The van der Waals surface area contributed by atoms with E-state index in [1.807, 2.05) is 49.4 Å². The molecule has 0 saturated heterocycles. The SMILES string of the molecule is CC(=O)N(C)c1ccccc1NC(=O)Cc1ccccc1C. The summed E-state index contributed by atoms with van der Waals surface area (Å²) in [7, 11) is 1.69. The van der Waals surface area contributed by atoms with E-state index in [0.29, 0.717) is 17.8 Å². The van der Waals surface area contributed by atoms with Gasteiger partial charge in [0.1, 0.15) is 0 Å². The molecule has 2 aromatic carbocycles. The van der Waals surface area contributed by atoms with Gasteiger partial charge in [-0.1, -0.05) is 36.4 Å². The Morgan fingerprint density at radius 2 is 1.68 bits per heavy atom. The second-order valence-corrected chi connectivity index (χ2v) is 5.25. The fourth-order valence-corrected chi connectivity index (χ4v) is 2.22. The van der Waals surface area contributed by atoms with Crippen LogP contribution in [0.15, 0.2) is 48.5 Å². The molecule has 0 heterocycles. The summed E-state index contributed by atoms with van der Waals surface area (Å²) in [5.41, 5.74) is 3.41. The maximum absolute atomic E-state index is 12.3. The maximum Gasteiger partial charge on any atom is 0.228 e. The van der Waals surface area contributed by atoms with Gasteiger partial charge in [0.2, 0.25) is 11.8 Å². The van der Waals surface area contributed by atoms with Gasteiger partial charge in [0.15, 0.2) is 0 Å². The van der Waals surface area contributed by atoms with Gasteiger partial charge in [-0.05, 0) is 30.2 Å². The summed E-state index contributed by atoms with van der Waals surface area (Å²) in [5.74, 6) is -0.181. The largest absolute Gasteiger partial charge is 0.324 e. The Morgan fingerprint density at radius 3 is 2.36 bits per heavy atom. The average Bonchev–Trinajstić information content (AvgIpc) is 2.49. The van der Waals surface area contributed by atoms with Gasteiger partial charge in [0.05, 0.1) is 17.8 Å². The third-order valence-electron chi connectivity index (χ3n) is 3.62. The van der Waals surface area contributed by atoms with Gasteiger partial charge in [0.25, 0.3) is 0 Å². The fourth-order valence-electron chi connectivity index (χ4n) is 2.22. The van der Waals surface area contributed by atoms with Crippen LogP contribution in [-0.2, 0) is 16.0 Å². The minimum absolute atomic E-state index is 0.0828. The molecule has 0 unspecified atom stereocenters. The molecule has 0 saturated carbocycles. The molecule has 0 spiro atoms. The summed E-state index contributed by atoms with van der Waals surface area (Å²) < 4.78 is 0.